The Balaban J connectivity index is 2.23. The molecule has 0 bridgehead atoms. The maximum absolute atomic E-state index is 4.53. The van der Waals surface area contributed by atoms with Gasteiger partial charge in [0, 0.05) is 24.0 Å². The van der Waals surface area contributed by atoms with E-state index in [0.717, 1.165) is 12.8 Å². The quantitative estimate of drug-likeness (QED) is 0.651. The SMILES string of the molecule is CN1C2=CCCc3cccc(c32)NC1S. The molecule has 3 rings (SSSR count). The maximum atomic E-state index is 4.53. The number of thiol groups is 1. The van der Waals surface area contributed by atoms with E-state index < -0.39 is 0 Å². The van der Waals surface area contributed by atoms with Gasteiger partial charge in [-0.1, -0.05) is 18.2 Å². The summed E-state index contributed by atoms with van der Waals surface area (Å²) >= 11 is 4.53. The van der Waals surface area contributed by atoms with E-state index in [1.807, 2.05) is 0 Å². The normalized spacial score (nSPS) is 22.9. The predicted molar refractivity (Wildman–Crippen MR) is 66.9 cm³/mol. The molecule has 2 aliphatic rings. The molecule has 1 aromatic carbocycles. The predicted octanol–water partition coefficient (Wildman–Crippen LogP) is 2.54. The molecule has 2 nitrogen and oxygen atoms in total. The summed E-state index contributed by atoms with van der Waals surface area (Å²) in [6.45, 7) is 0. The van der Waals surface area contributed by atoms with Crippen molar-refractivity contribution in [3.63, 3.8) is 0 Å². The van der Waals surface area contributed by atoms with Gasteiger partial charge in [0.2, 0.25) is 0 Å². The summed E-state index contributed by atoms with van der Waals surface area (Å²) in [5, 5.41) is 3.40. The van der Waals surface area contributed by atoms with Gasteiger partial charge in [-0.15, -0.1) is 12.6 Å². The summed E-state index contributed by atoms with van der Waals surface area (Å²) in [5.41, 5.74) is 5.44. The fraction of sp³-hybridized carbons (Fsp3) is 0.333. The van der Waals surface area contributed by atoms with E-state index >= 15 is 0 Å². The molecule has 0 aromatic heterocycles. The topological polar surface area (TPSA) is 15.3 Å². The third kappa shape index (κ3) is 1.26. The number of nitrogens with zero attached hydrogens (tertiary/aromatic N) is 1. The third-order valence-electron chi connectivity index (χ3n) is 3.19. The fourth-order valence-corrected chi connectivity index (χ4v) is 2.65. The van der Waals surface area contributed by atoms with Crippen LogP contribution in [0.2, 0.25) is 0 Å². The third-order valence-corrected chi connectivity index (χ3v) is 3.67. The Morgan fingerprint density at radius 3 is 3.20 bits per heavy atom. The van der Waals surface area contributed by atoms with Gasteiger partial charge in [-0.2, -0.15) is 0 Å². The second kappa shape index (κ2) is 3.20. The number of hydrogen-bond donors (Lipinski definition) is 2. The largest absolute Gasteiger partial charge is 0.356 e. The summed E-state index contributed by atoms with van der Waals surface area (Å²) < 4.78 is 0. The molecule has 1 heterocycles. The van der Waals surface area contributed by atoms with E-state index in [4.69, 9.17) is 0 Å². The van der Waals surface area contributed by atoms with E-state index in [-0.39, 0.29) is 5.50 Å². The number of benzene rings is 1. The first kappa shape index (κ1) is 9.16. The molecule has 15 heavy (non-hydrogen) atoms. The van der Waals surface area contributed by atoms with E-state index in [0.29, 0.717) is 0 Å². The lowest BCUT2D eigenvalue weighted by Gasteiger charge is -2.38. The molecular formula is C12H14N2S. The van der Waals surface area contributed by atoms with Crippen molar-refractivity contribution >= 4 is 24.0 Å². The van der Waals surface area contributed by atoms with Crippen LogP contribution < -0.4 is 5.32 Å². The minimum Gasteiger partial charge on any atom is -0.356 e. The smallest absolute Gasteiger partial charge is 0.145 e. The molecule has 1 unspecified atom stereocenters. The Bertz CT molecular complexity index is 439. The van der Waals surface area contributed by atoms with Crippen LogP contribution in [0.25, 0.3) is 5.70 Å². The first-order valence-electron chi connectivity index (χ1n) is 5.27. The molecule has 1 aliphatic carbocycles. The van der Waals surface area contributed by atoms with Crippen molar-refractivity contribution in [1.29, 1.82) is 0 Å². The second-order valence-electron chi connectivity index (χ2n) is 4.10. The molecular weight excluding hydrogens is 204 g/mol. The van der Waals surface area contributed by atoms with Crippen LogP contribution >= 0.6 is 12.6 Å². The zero-order valence-electron chi connectivity index (χ0n) is 8.70. The minimum atomic E-state index is 0.0806. The number of nitrogens with one attached hydrogen (secondary N) is 1. The molecule has 3 heteroatoms. The molecule has 0 saturated heterocycles. The highest BCUT2D eigenvalue weighted by molar-refractivity contribution is 7.81. The van der Waals surface area contributed by atoms with Crippen LogP contribution in [0.1, 0.15) is 17.5 Å². The van der Waals surface area contributed by atoms with E-state index in [9.17, 15) is 0 Å². The highest BCUT2D eigenvalue weighted by atomic mass is 32.1. The number of aryl methyl sites for hydroxylation is 1. The Morgan fingerprint density at radius 1 is 1.47 bits per heavy atom. The highest BCUT2D eigenvalue weighted by Gasteiger charge is 2.27. The highest BCUT2D eigenvalue weighted by Crippen LogP contribution is 2.39. The molecule has 78 valence electrons. The molecule has 0 saturated carbocycles. The molecule has 0 amide bonds. The van der Waals surface area contributed by atoms with Crippen LogP contribution in [0.4, 0.5) is 5.69 Å². The Labute approximate surface area is 95.4 Å². The first-order chi connectivity index (χ1) is 7.27. The van der Waals surface area contributed by atoms with Crippen molar-refractivity contribution in [2.45, 2.75) is 18.3 Å². The standard InChI is InChI=1S/C12H14N2S/c1-14-10-7-3-5-8-4-2-6-9(11(8)10)13-12(14)15/h2,4,6-7,12-13,15H,3,5H2,1H3. The molecule has 1 N–H and O–H groups in total. The van der Waals surface area contributed by atoms with Crippen LogP contribution in [-0.2, 0) is 6.42 Å². The van der Waals surface area contributed by atoms with Crippen molar-refractivity contribution in [1.82, 2.24) is 4.90 Å². The average molecular weight is 218 g/mol. The van der Waals surface area contributed by atoms with Crippen molar-refractivity contribution in [3.8, 4) is 0 Å². The van der Waals surface area contributed by atoms with Gasteiger partial charge in [0.25, 0.3) is 0 Å². The molecule has 0 spiro atoms. The van der Waals surface area contributed by atoms with Crippen LogP contribution in [0.15, 0.2) is 24.3 Å². The van der Waals surface area contributed by atoms with Crippen LogP contribution in [0, 0.1) is 0 Å². The van der Waals surface area contributed by atoms with E-state index in [1.54, 1.807) is 0 Å². The van der Waals surface area contributed by atoms with Crippen LogP contribution in [0.5, 0.6) is 0 Å². The fourth-order valence-electron chi connectivity index (χ4n) is 2.39. The second-order valence-corrected chi connectivity index (χ2v) is 4.59. The number of anilines is 1. The molecule has 0 radical (unpaired) electrons. The van der Waals surface area contributed by atoms with Crippen molar-refractivity contribution in [2.24, 2.45) is 0 Å². The summed E-state index contributed by atoms with van der Waals surface area (Å²) in [4.78, 5) is 2.19. The monoisotopic (exact) mass is 218 g/mol. The van der Waals surface area contributed by atoms with Gasteiger partial charge in [0.15, 0.2) is 0 Å². The van der Waals surface area contributed by atoms with Crippen molar-refractivity contribution < 1.29 is 0 Å². The Morgan fingerprint density at radius 2 is 2.33 bits per heavy atom. The van der Waals surface area contributed by atoms with Gasteiger partial charge >= 0.3 is 0 Å². The van der Waals surface area contributed by atoms with Crippen LogP contribution in [-0.4, -0.2) is 17.4 Å². The molecule has 1 aromatic rings. The molecule has 1 aliphatic heterocycles. The van der Waals surface area contributed by atoms with Gasteiger partial charge in [0.05, 0.1) is 0 Å². The van der Waals surface area contributed by atoms with E-state index in [2.05, 4.69) is 54.2 Å². The lowest BCUT2D eigenvalue weighted by molar-refractivity contribution is 0.471. The van der Waals surface area contributed by atoms with Gasteiger partial charge < -0.3 is 10.2 Å². The molecule has 0 fully saturated rings. The summed E-state index contributed by atoms with van der Waals surface area (Å²) in [5.74, 6) is 0. The van der Waals surface area contributed by atoms with Crippen molar-refractivity contribution in [3.05, 3.63) is 35.4 Å². The Kier molecular flexibility index (Phi) is 1.96. The van der Waals surface area contributed by atoms with Crippen molar-refractivity contribution in [2.75, 3.05) is 12.4 Å². The number of rotatable bonds is 0. The van der Waals surface area contributed by atoms with Gasteiger partial charge in [0.1, 0.15) is 5.50 Å². The number of hydrogen-bond acceptors (Lipinski definition) is 3. The Hall–Kier alpha value is -1.09. The summed E-state index contributed by atoms with van der Waals surface area (Å²) in [6, 6.07) is 6.48. The molecule has 1 atom stereocenters. The minimum absolute atomic E-state index is 0.0806. The summed E-state index contributed by atoms with van der Waals surface area (Å²) in [7, 11) is 2.08. The van der Waals surface area contributed by atoms with Gasteiger partial charge in [-0.05, 0) is 24.5 Å². The summed E-state index contributed by atoms with van der Waals surface area (Å²) in [6.07, 6.45) is 4.60. The zero-order chi connectivity index (χ0) is 10.4. The lowest BCUT2D eigenvalue weighted by Crippen LogP contribution is -2.37. The maximum Gasteiger partial charge on any atom is 0.145 e. The van der Waals surface area contributed by atoms with Crippen LogP contribution in [0.3, 0.4) is 0 Å². The first-order valence-corrected chi connectivity index (χ1v) is 5.79. The van der Waals surface area contributed by atoms with Gasteiger partial charge in [-0.25, -0.2) is 0 Å². The average Bonchev–Trinajstić information content (AvgIpc) is 2.26. The lowest BCUT2D eigenvalue weighted by atomic mass is 9.91. The number of allylic oxidation sites excluding steroid dienone is 1. The van der Waals surface area contributed by atoms with E-state index in [1.165, 1.54) is 22.5 Å². The zero-order valence-corrected chi connectivity index (χ0v) is 9.59. The van der Waals surface area contributed by atoms with Gasteiger partial charge in [-0.3, -0.25) is 0 Å².